The molecule has 1 aliphatic carbocycles. The Morgan fingerprint density at radius 3 is 2.78 bits per heavy atom. The van der Waals surface area contributed by atoms with Crippen LogP contribution >= 0.6 is 0 Å². The first kappa shape index (κ1) is 13.0. The fraction of sp³-hybridized carbons (Fsp3) is 0.750. The average molecular weight is 252 g/mol. The maximum atomic E-state index is 12.2. The van der Waals surface area contributed by atoms with Crippen molar-refractivity contribution in [2.45, 2.75) is 50.6 Å². The van der Waals surface area contributed by atoms with E-state index in [0.29, 0.717) is 0 Å². The fourth-order valence-electron chi connectivity index (χ4n) is 2.45. The van der Waals surface area contributed by atoms with Crippen molar-refractivity contribution in [1.29, 1.82) is 0 Å². The summed E-state index contributed by atoms with van der Waals surface area (Å²) in [6.07, 6.45) is 7.91. The normalized spacial score (nSPS) is 20.3. The predicted molar refractivity (Wildman–Crippen MR) is 65.8 cm³/mol. The van der Waals surface area contributed by atoms with Crippen LogP contribution in [0.25, 0.3) is 0 Å². The molecule has 0 saturated heterocycles. The number of hydrogen-bond acceptors (Lipinski definition) is 4. The van der Waals surface area contributed by atoms with E-state index in [1.165, 1.54) is 23.8 Å². The molecule has 0 aromatic carbocycles. The minimum absolute atomic E-state index is 0.00279. The lowest BCUT2D eigenvalue weighted by molar-refractivity contribution is -0.127. The van der Waals surface area contributed by atoms with Gasteiger partial charge in [0.2, 0.25) is 5.91 Å². The van der Waals surface area contributed by atoms with Crippen molar-refractivity contribution in [2.24, 2.45) is 0 Å². The molecule has 0 aliphatic heterocycles. The van der Waals surface area contributed by atoms with Crippen LogP contribution in [0.1, 0.15) is 45.1 Å². The highest BCUT2D eigenvalue weighted by Crippen LogP contribution is 2.28. The highest BCUT2D eigenvalue weighted by molar-refractivity contribution is 5.80. The second-order valence-electron chi connectivity index (χ2n) is 5.04. The van der Waals surface area contributed by atoms with Crippen molar-refractivity contribution in [1.82, 2.24) is 20.1 Å². The quantitative estimate of drug-likeness (QED) is 0.824. The van der Waals surface area contributed by atoms with Gasteiger partial charge in [-0.2, -0.15) is 5.10 Å². The van der Waals surface area contributed by atoms with Crippen molar-refractivity contribution in [3.63, 3.8) is 0 Å². The van der Waals surface area contributed by atoms with Gasteiger partial charge in [-0.25, -0.2) is 9.67 Å². The maximum Gasteiger partial charge on any atom is 0.245 e. The van der Waals surface area contributed by atoms with Crippen LogP contribution in [-0.2, 0) is 4.79 Å². The number of rotatable bonds is 4. The lowest BCUT2D eigenvalue weighted by Crippen LogP contribution is -2.54. The van der Waals surface area contributed by atoms with Gasteiger partial charge in [0.05, 0.1) is 12.1 Å². The zero-order valence-corrected chi connectivity index (χ0v) is 10.7. The van der Waals surface area contributed by atoms with Crippen LogP contribution in [0, 0.1) is 0 Å². The van der Waals surface area contributed by atoms with Gasteiger partial charge in [0, 0.05) is 0 Å². The first-order chi connectivity index (χ1) is 8.67. The molecule has 2 N–H and O–H groups in total. The molecule has 0 spiro atoms. The Labute approximate surface area is 106 Å². The van der Waals surface area contributed by atoms with Crippen molar-refractivity contribution in [3.8, 4) is 0 Å². The lowest BCUT2D eigenvalue weighted by atomic mass is 9.82. The molecule has 1 amide bonds. The predicted octanol–water partition coefficient (Wildman–Crippen LogP) is 0.650. The van der Waals surface area contributed by atoms with E-state index in [9.17, 15) is 9.90 Å². The van der Waals surface area contributed by atoms with Gasteiger partial charge in [-0.05, 0) is 19.8 Å². The monoisotopic (exact) mass is 252 g/mol. The maximum absolute atomic E-state index is 12.2. The Morgan fingerprint density at radius 2 is 2.22 bits per heavy atom. The summed E-state index contributed by atoms with van der Waals surface area (Å²) in [6, 6.07) is -0.405. The van der Waals surface area contributed by atoms with Crippen LogP contribution < -0.4 is 5.32 Å². The van der Waals surface area contributed by atoms with Crippen LogP contribution in [-0.4, -0.2) is 37.9 Å². The van der Waals surface area contributed by atoms with E-state index >= 15 is 0 Å². The first-order valence-corrected chi connectivity index (χ1v) is 6.44. The van der Waals surface area contributed by atoms with Gasteiger partial charge in [0.1, 0.15) is 18.7 Å². The molecule has 1 atom stereocenters. The second-order valence-corrected chi connectivity index (χ2v) is 5.04. The molecule has 1 saturated carbocycles. The van der Waals surface area contributed by atoms with Gasteiger partial charge in [-0.15, -0.1) is 0 Å². The van der Waals surface area contributed by atoms with Crippen LogP contribution in [0.4, 0.5) is 0 Å². The highest BCUT2D eigenvalue weighted by atomic mass is 16.3. The summed E-state index contributed by atoms with van der Waals surface area (Å²) in [5.74, 6) is -0.114. The van der Waals surface area contributed by atoms with Gasteiger partial charge < -0.3 is 10.4 Å². The topological polar surface area (TPSA) is 80.0 Å². The Kier molecular flexibility index (Phi) is 3.96. The van der Waals surface area contributed by atoms with Crippen LogP contribution in [0.3, 0.4) is 0 Å². The van der Waals surface area contributed by atoms with Gasteiger partial charge >= 0.3 is 0 Å². The van der Waals surface area contributed by atoms with E-state index in [2.05, 4.69) is 15.4 Å². The molecule has 100 valence electrons. The molecule has 1 aromatic heterocycles. The van der Waals surface area contributed by atoms with E-state index in [1.807, 2.05) is 0 Å². The van der Waals surface area contributed by atoms with Gasteiger partial charge in [-0.3, -0.25) is 4.79 Å². The van der Waals surface area contributed by atoms with E-state index in [4.69, 9.17) is 0 Å². The van der Waals surface area contributed by atoms with E-state index in [-0.39, 0.29) is 12.5 Å². The average Bonchev–Trinajstić information content (AvgIpc) is 2.92. The lowest BCUT2D eigenvalue weighted by Gasteiger charge is -2.37. The highest BCUT2D eigenvalue weighted by Gasteiger charge is 2.34. The van der Waals surface area contributed by atoms with Gasteiger partial charge in [0.25, 0.3) is 0 Å². The summed E-state index contributed by atoms with van der Waals surface area (Å²) in [7, 11) is 0. The molecule has 1 unspecified atom stereocenters. The molecular weight excluding hydrogens is 232 g/mol. The third-order valence-corrected chi connectivity index (χ3v) is 3.71. The molecule has 0 radical (unpaired) electrons. The summed E-state index contributed by atoms with van der Waals surface area (Å²) in [5.41, 5.74) is -0.440. The number of nitrogens with one attached hydrogen (secondary N) is 1. The number of aliphatic hydroxyl groups excluding tert-OH is 1. The molecular formula is C12H20N4O2. The molecule has 6 heteroatoms. The standard InChI is InChI=1S/C12H20N4O2/c1-10(16-9-13-8-14-16)11(18)15-12(7-17)5-3-2-4-6-12/h8-10,17H,2-7H2,1H3,(H,15,18). The van der Waals surface area contributed by atoms with E-state index < -0.39 is 11.6 Å². The number of amides is 1. The summed E-state index contributed by atoms with van der Waals surface area (Å²) >= 11 is 0. The molecule has 1 heterocycles. The Balaban J connectivity index is 2.01. The fourth-order valence-corrected chi connectivity index (χ4v) is 2.45. The molecule has 1 fully saturated rings. The third kappa shape index (κ3) is 2.69. The van der Waals surface area contributed by atoms with Crippen molar-refractivity contribution < 1.29 is 9.90 Å². The van der Waals surface area contributed by atoms with E-state index in [0.717, 1.165) is 25.7 Å². The molecule has 2 rings (SSSR count). The molecule has 1 aromatic rings. The summed E-state index contributed by atoms with van der Waals surface area (Å²) in [6.45, 7) is 1.78. The van der Waals surface area contributed by atoms with Crippen LogP contribution in [0.2, 0.25) is 0 Å². The molecule has 18 heavy (non-hydrogen) atoms. The second kappa shape index (κ2) is 5.48. The minimum Gasteiger partial charge on any atom is -0.394 e. The van der Waals surface area contributed by atoms with Gasteiger partial charge in [0.15, 0.2) is 0 Å². The van der Waals surface area contributed by atoms with Crippen molar-refractivity contribution in [2.75, 3.05) is 6.61 Å². The van der Waals surface area contributed by atoms with Crippen molar-refractivity contribution in [3.05, 3.63) is 12.7 Å². The third-order valence-electron chi connectivity index (χ3n) is 3.71. The summed E-state index contributed by atoms with van der Waals surface area (Å²) in [4.78, 5) is 16.0. The van der Waals surface area contributed by atoms with Crippen LogP contribution in [0.5, 0.6) is 0 Å². The zero-order chi connectivity index (χ0) is 13.0. The Hall–Kier alpha value is -1.43. The molecule has 0 bridgehead atoms. The molecule has 6 nitrogen and oxygen atoms in total. The number of hydrogen-bond donors (Lipinski definition) is 2. The smallest absolute Gasteiger partial charge is 0.245 e. The van der Waals surface area contributed by atoms with Gasteiger partial charge in [-0.1, -0.05) is 19.3 Å². The molecule has 1 aliphatic rings. The number of carbonyl (C=O) groups is 1. The summed E-state index contributed by atoms with van der Waals surface area (Å²) in [5, 5.41) is 16.5. The number of aromatic nitrogens is 3. The SMILES string of the molecule is CC(C(=O)NC1(CO)CCCCC1)n1cncn1. The minimum atomic E-state index is -0.440. The van der Waals surface area contributed by atoms with E-state index in [1.54, 1.807) is 6.92 Å². The summed E-state index contributed by atoms with van der Waals surface area (Å²) < 4.78 is 1.52. The first-order valence-electron chi connectivity index (χ1n) is 6.44. The number of carbonyl (C=O) groups excluding carboxylic acids is 1. The Bertz CT molecular complexity index is 385. The van der Waals surface area contributed by atoms with Crippen LogP contribution in [0.15, 0.2) is 12.7 Å². The van der Waals surface area contributed by atoms with Crippen molar-refractivity contribution >= 4 is 5.91 Å². The number of nitrogens with zero attached hydrogens (tertiary/aromatic N) is 3. The largest absolute Gasteiger partial charge is 0.394 e. The zero-order valence-electron chi connectivity index (χ0n) is 10.7. The number of aliphatic hydroxyl groups is 1. The Morgan fingerprint density at radius 1 is 1.50 bits per heavy atom.